The largest absolute Gasteiger partial charge is 0.477 e. The maximum atomic E-state index is 12.4. The fraction of sp³-hybridized carbons (Fsp3) is 0.389. The van der Waals surface area contributed by atoms with E-state index < -0.39 is 5.97 Å². The number of carbonyl (C=O) groups is 2. The smallest absolute Gasteiger partial charge is 0.345 e. The molecule has 1 amide bonds. The number of likely N-dealkylation sites (tertiary alicyclic amines) is 1. The van der Waals surface area contributed by atoms with Gasteiger partial charge in [-0.2, -0.15) is 5.10 Å². The highest BCUT2D eigenvalue weighted by atomic mass is 35.5. The lowest BCUT2D eigenvalue weighted by Gasteiger charge is -2.16. The first-order chi connectivity index (χ1) is 12.2. The van der Waals surface area contributed by atoms with Crippen molar-refractivity contribution in [3.63, 3.8) is 0 Å². The quantitative estimate of drug-likeness (QED) is 0.780. The predicted octanol–water partition coefficient (Wildman–Crippen LogP) is 2.55. The summed E-state index contributed by atoms with van der Waals surface area (Å²) in [6.45, 7) is 3.79. The van der Waals surface area contributed by atoms with Gasteiger partial charge in [-0.05, 0) is 25.5 Å². The van der Waals surface area contributed by atoms with Crippen LogP contribution in [0.4, 0.5) is 0 Å². The zero-order valence-corrected chi connectivity index (χ0v) is 15.3. The lowest BCUT2D eigenvalue weighted by Crippen LogP contribution is -2.29. The molecule has 1 aliphatic rings. The van der Waals surface area contributed by atoms with Gasteiger partial charge >= 0.3 is 5.97 Å². The van der Waals surface area contributed by atoms with Crippen molar-refractivity contribution in [3.05, 3.63) is 47.7 Å². The Kier molecular flexibility index (Phi) is 7.03. The second-order valence-corrected chi connectivity index (χ2v) is 5.92. The van der Waals surface area contributed by atoms with E-state index in [0.29, 0.717) is 37.7 Å². The third-order valence-electron chi connectivity index (χ3n) is 4.16. The van der Waals surface area contributed by atoms with Crippen molar-refractivity contribution in [1.82, 2.24) is 15.1 Å². The maximum Gasteiger partial charge on any atom is 0.345 e. The van der Waals surface area contributed by atoms with Crippen LogP contribution in [0.3, 0.4) is 0 Å². The molecule has 2 heterocycles. The number of benzene rings is 1. The van der Waals surface area contributed by atoms with Crippen molar-refractivity contribution >= 4 is 24.3 Å². The number of halogens is 1. The van der Waals surface area contributed by atoms with Gasteiger partial charge in [0.25, 0.3) is 5.91 Å². The van der Waals surface area contributed by atoms with Gasteiger partial charge in [-0.3, -0.25) is 4.79 Å². The Hall–Kier alpha value is -2.54. The average molecular weight is 380 g/mol. The Bertz CT molecular complexity index is 735. The number of ether oxygens (including phenoxy) is 2. The summed E-state index contributed by atoms with van der Waals surface area (Å²) in [5, 5.41) is 6.51. The van der Waals surface area contributed by atoms with E-state index in [2.05, 4.69) is 10.2 Å². The first kappa shape index (κ1) is 19.8. The highest BCUT2D eigenvalue weighted by Gasteiger charge is 2.28. The average Bonchev–Trinajstić information content (AvgIpc) is 3.29. The molecule has 0 aliphatic carbocycles. The molecule has 1 aromatic carbocycles. The number of carbonyl (C=O) groups excluding carboxylic acids is 2. The van der Waals surface area contributed by atoms with Crippen LogP contribution >= 0.6 is 12.4 Å². The Morgan fingerprint density at radius 2 is 2.08 bits per heavy atom. The lowest BCUT2D eigenvalue weighted by molar-refractivity contribution is 0.0521. The molecule has 2 aromatic rings. The number of amides is 1. The summed E-state index contributed by atoms with van der Waals surface area (Å²) >= 11 is 0. The van der Waals surface area contributed by atoms with E-state index >= 15 is 0 Å². The molecule has 1 unspecified atom stereocenters. The van der Waals surface area contributed by atoms with E-state index in [1.165, 1.54) is 6.20 Å². The highest BCUT2D eigenvalue weighted by Crippen LogP contribution is 2.21. The summed E-state index contributed by atoms with van der Waals surface area (Å²) in [6, 6.07) is 9.26. The molecular weight excluding hydrogens is 358 g/mol. The SMILES string of the molecule is CCOC(=O)c1cn[nH]c1OCC1CCN(C(=O)c2ccccc2)C1.Cl. The van der Waals surface area contributed by atoms with Crippen LogP contribution in [0.2, 0.25) is 0 Å². The minimum Gasteiger partial charge on any atom is -0.477 e. The van der Waals surface area contributed by atoms with E-state index in [0.717, 1.165) is 6.42 Å². The third kappa shape index (κ3) is 4.54. The van der Waals surface area contributed by atoms with Gasteiger partial charge in [0.05, 0.1) is 19.4 Å². The highest BCUT2D eigenvalue weighted by molar-refractivity contribution is 5.94. The van der Waals surface area contributed by atoms with Crippen molar-refractivity contribution in [1.29, 1.82) is 0 Å². The number of aromatic nitrogens is 2. The standard InChI is InChI=1S/C18H21N3O4.ClH/c1-2-24-18(23)15-10-19-20-16(15)25-12-13-8-9-21(11-13)17(22)14-6-4-3-5-7-14;/h3-7,10,13H,2,8-9,11-12H2,1H3,(H,19,20);1H. The van der Waals surface area contributed by atoms with E-state index in [1.807, 2.05) is 35.2 Å². The van der Waals surface area contributed by atoms with E-state index in [4.69, 9.17) is 9.47 Å². The minimum absolute atomic E-state index is 0. The van der Waals surface area contributed by atoms with Crippen LogP contribution < -0.4 is 4.74 Å². The third-order valence-corrected chi connectivity index (χ3v) is 4.16. The van der Waals surface area contributed by atoms with E-state index in [9.17, 15) is 9.59 Å². The first-order valence-electron chi connectivity index (χ1n) is 8.36. The van der Waals surface area contributed by atoms with Gasteiger partial charge in [0, 0.05) is 24.6 Å². The molecule has 0 bridgehead atoms. The summed E-state index contributed by atoms with van der Waals surface area (Å²) in [5.74, 6) is 0.104. The molecule has 0 saturated carbocycles. The number of hydrogen-bond acceptors (Lipinski definition) is 5. The topological polar surface area (TPSA) is 84.5 Å². The molecule has 0 spiro atoms. The normalized spacial score (nSPS) is 16.0. The maximum absolute atomic E-state index is 12.4. The summed E-state index contributed by atoms with van der Waals surface area (Å²) in [6.07, 6.45) is 2.26. The van der Waals surface area contributed by atoms with Crippen LogP contribution in [0.5, 0.6) is 5.88 Å². The van der Waals surface area contributed by atoms with Gasteiger partial charge in [0.2, 0.25) is 5.88 Å². The molecule has 1 fully saturated rings. The second-order valence-electron chi connectivity index (χ2n) is 5.92. The molecule has 1 aliphatic heterocycles. The first-order valence-corrected chi connectivity index (χ1v) is 8.36. The van der Waals surface area contributed by atoms with Crippen LogP contribution in [0, 0.1) is 5.92 Å². The van der Waals surface area contributed by atoms with Crippen LogP contribution in [0.1, 0.15) is 34.1 Å². The monoisotopic (exact) mass is 379 g/mol. The van der Waals surface area contributed by atoms with Crippen molar-refractivity contribution < 1.29 is 19.1 Å². The minimum atomic E-state index is -0.460. The number of esters is 1. The Labute approximate surface area is 158 Å². The van der Waals surface area contributed by atoms with Gasteiger partial charge in [-0.1, -0.05) is 18.2 Å². The zero-order chi connectivity index (χ0) is 17.6. The Morgan fingerprint density at radius 1 is 1.31 bits per heavy atom. The van der Waals surface area contributed by atoms with E-state index in [1.54, 1.807) is 6.92 Å². The fourth-order valence-corrected chi connectivity index (χ4v) is 2.86. The Balaban J connectivity index is 0.00000243. The molecule has 3 rings (SSSR count). The van der Waals surface area contributed by atoms with Gasteiger partial charge in [0.15, 0.2) is 0 Å². The van der Waals surface area contributed by atoms with Crippen LogP contribution in [0.15, 0.2) is 36.5 Å². The van der Waals surface area contributed by atoms with Crippen LogP contribution in [0.25, 0.3) is 0 Å². The lowest BCUT2D eigenvalue weighted by atomic mass is 10.1. The molecule has 1 N–H and O–H groups in total. The summed E-state index contributed by atoms with van der Waals surface area (Å²) in [7, 11) is 0. The number of nitrogens with zero attached hydrogens (tertiary/aromatic N) is 2. The van der Waals surface area contributed by atoms with Gasteiger partial charge in [-0.25, -0.2) is 9.89 Å². The number of nitrogens with one attached hydrogen (secondary N) is 1. The van der Waals surface area contributed by atoms with Crippen molar-refractivity contribution in [2.24, 2.45) is 5.92 Å². The molecular formula is C18H22ClN3O4. The van der Waals surface area contributed by atoms with Crippen molar-refractivity contribution in [2.45, 2.75) is 13.3 Å². The number of hydrogen-bond donors (Lipinski definition) is 1. The number of rotatable bonds is 6. The van der Waals surface area contributed by atoms with E-state index in [-0.39, 0.29) is 29.8 Å². The molecule has 1 atom stereocenters. The predicted molar refractivity (Wildman–Crippen MR) is 97.7 cm³/mol. The van der Waals surface area contributed by atoms with Crippen LogP contribution in [-0.4, -0.2) is 53.3 Å². The molecule has 7 nitrogen and oxygen atoms in total. The van der Waals surface area contributed by atoms with Gasteiger partial charge in [-0.15, -0.1) is 12.4 Å². The number of H-pyrrole nitrogens is 1. The van der Waals surface area contributed by atoms with Crippen LogP contribution in [-0.2, 0) is 4.74 Å². The van der Waals surface area contributed by atoms with Gasteiger partial charge < -0.3 is 14.4 Å². The molecule has 140 valence electrons. The summed E-state index contributed by atoms with van der Waals surface area (Å²) in [4.78, 5) is 26.1. The Morgan fingerprint density at radius 3 is 2.81 bits per heavy atom. The summed E-state index contributed by atoms with van der Waals surface area (Å²) in [5.41, 5.74) is 0.985. The molecule has 0 radical (unpaired) electrons. The van der Waals surface area contributed by atoms with Gasteiger partial charge in [0.1, 0.15) is 5.56 Å². The number of aromatic amines is 1. The molecule has 1 aromatic heterocycles. The molecule has 8 heteroatoms. The molecule has 26 heavy (non-hydrogen) atoms. The second kappa shape index (κ2) is 9.24. The zero-order valence-electron chi connectivity index (χ0n) is 14.5. The molecule has 1 saturated heterocycles. The summed E-state index contributed by atoms with van der Waals surface area (Å²) < 4.78 is 10.7. The van der Waals surface area contributed by atoms with Crippen molar-refractivity contribution in [3.8, 4) is 5.88 Å². The van der Waals surface area contributed by atoms with Crippen molar-refractivity contribution in [2.75, 3.05) is 26.3 Å². The fourth-order valence-electron chi connectivity index (χ4n) is 2.86.